The molecule has 2 heterocycles. The highest BCUT2D eigenvalue weighted by Crippen LogP contribution is 2.32. The van der Waals surface area contributed by atoms with Crippen LogP contribution in [0, 0.1) is 5.92 Å². The van der Waals surface area contributed by atoms with Gasteiger partial charge in [-0.1, -0.05) is 52.0 Å². The number of amides is 3. The van der Waals surface area contributed by atoms with Gasteiger partial charge in [-0.2, -0.15) is 0 Å². The Labute approximate surface area is 195 Å². The Morgan fingerprint density at radius 1 is 1.09 bits per heavy atom. The smallest absolute Gasteiger partial charge is 0.251 e. The Kier molecular flexibility index (Phi) is 8.16. The minimum atomic E-state index is -0.787. The number of hydrogen-bond acceptors (Lipinski definition) is 5. The second-order valence-electron chi connectivity index (χ2n) is 8.52. The highest BCUT2D eigenvalue weighted by Gasteiger charge is 2.43. The zero-order chi connectivity index (χ0) is 24.0. The summed E-state index contributed by atoms with van der Waals surface area (Å²) in [7, 11) is 0. The van der Waals surface area contributed by atoms with Gasteiger partial charge in [-0.25, -0.2) is 4.98 Å². The fraction of sp³-hybridized carbons (Fsp3) is 0.440. The molecule has 0 saturated carbocycles. The minimum absolute atomic E-state index is 0.175. The second kappa shape index (κ2) is 11.0. The summed E-state index contributed by atoms with van der Waals surface area (Å²) in [6, 6.07) is 10.9. The molecule has 3 N–H and O–H groups in total. The molecule has 8 nitrogen and oxygen atoms in total. The lowest BCUT2D eigenvalue weighted by Crippen LogP contribution is -2.58. The van der Waals surface area contributed by atoms with E-state index in [-0.39, 0.29) is 29.7 Å². The van der Waals surface area contributed by atoms with Crippen LogP contribution in [0.2, 0.25) is 0 Å². The number of likely N-dealkylation sites (N-methyl/N-ethyl adjacent to an activating group) is 1. The van der Waals surface area contributed by atoms with E-state index < -0.39 is 12.1 Å². The SMILES string of the molecule is CCNC(CC)C(=O)NC(C(=O)N1c2ncccc2CC1C(=O)Nc1ccccc1)C(C)C. The fourth-order valence-corrected chi connectivity index (χ4v) is 4.05. The van der Waals surface area contributed by atoms with Gasteiger partial charge in [0.2, 0.25) is 11.8 Å². The van der Waals surface area contributed by atoms with Crippen molar-refractivity contribution in [3.05, 3.63) is 54.2 Å². The number of fused-ring (bicyclic) bond motifs is 1. The van der Waals surface area contributed by atoms with E-state index in [9.17, 15) is 14.4 Å². The quantitative estimate of drug-likeness (QED) is 0.544. The molecule has 0 bridgehead atoms. The lowest BCUT2D eigenvalue weighted by atomic mass is 10.0. The molecule has 1 aliphatic heterocycles. The zero-order valence-corrected chi connectivity index (χ0v) is 19.7. The Hall–Kier alpha value is -3.26. The van der Waals surface area contributed by atoms with Gasteiger partial charge in [0.25, 0.3) is 5.91 Å². The first-order valence-electron chi connectivity index (χ1n) is 11.5. The second-order valence-corrected chi connectivity index (χ2v) is 8.52. The minimum Gasteiger partial charge on any atom is -0.343 e. The molecule has 8 heteroatoms. The molecule has 3 atom stereocenters. The summed E-state index contributed by atoms with van der Waals surface area (Å²) >= 11 is 0. The summed E-state index contributed by atoms with van der Waals surface area (Å²) in [4.78, 5) is 45.7. The van der Waals surface area contributed by atoms with Crippen LogP contribution in [0.1, 0.15) is 39.7 Å². The van der Waals surface area contributed by atoms with Gasteiger partial charge in [-0.05, 0) is 42.6 Å². The van der Waals surface area contributed by atoms with Crippen LogP contribution in [0.5, 0.6) is 0 Å². The number of benzene rings is 1. The number of carbonyl (C=O) groups excluding carboxylic acids is 3. The van der Waals surface area contributed by atoms with Crippen LogP contribution in [0.15, 0.2) is 48.7 Å². The maximum Gasteiger partial charge on any atom is 0.251 e. The molecule has 3 amide bonds. The fourth-order valence-electron chi connectivity index (χ4n) is 4.05. The summed E-state index contributed by atoms with van der Waals surface area (Å²) in [6.45, 7) is 8.27. The van der Waals surface area contributed by atoms with Crippen molar-refractivity contribution in [2.45, 2.75) is 58.7 Å². The van der Waals surface area contributed by atoms with E-state index in [0.717, 1.165) is 5.56 Å². The van der Waals surface area contributed by atoms with Crippen molar-refractivity contribution < 1.29 is 14.4 Å². The van der Waals surface area contributed by atoms with Crippen molar-refractivity contribution >= 4 is 29.2 Å². The molecule has 3 rings (SSSR count). The third kappa shape index (κ3) is 5.57. The molecule has 33 heavy (non-hydrogen) atoms. The van der Waals surface area contributed by atoms with E-state index in [2.05, 4.69) is 20.9 Å². The largest absolute Gasteiger partial charge is 0.343 e. The number of anilines is 2. The molecule has 0 fully saturated rings. The van der Waals surface area contributed by atoms with Crippen LogP contribution in [0.4, 0.5) is 11.5 Å². The topological polar surface area (TPSA) is 103 Å². The molecular weight excluding hydrogens is 418 g/mol. The van der Waals surface area contributed by atoms with E-state index >= 15 is 0 Å². The highest BCUT2D eigenvalue weighted by atomic mass is 16.2. The predicted octanol–water partition coefficient (Wildman–Crippen LogP) is 2.51. The number of para-hydroxylation sites is 1. The maximum absolute atomic E-state index is 13.8. The lowest BCUT2D eigenvalue weighted by Gasteiger charge is -2.31. The van der Waals surface area contributed by atoms with Crippen molar-refractivity contribution in [3.63, 3.8) is 0 Å². The number of rotatable bonds is 9. The van der Waals surface area contributed by atoms with E-state index in [4.69, 9.17) is 0 Å². The van der Waals surface area contributed by atoms with Gasteiger partial charge in [0.05, 0.1) is 6.04 Å². The van der Waals surface area contributed by atoms with Gasteiger partial charge in [-0.15, -0.1) is 0 Å². The molecule has 0 saturated heterocycles. The average molecular weight is 452 g/mol. The Morgan fingerprint density at radius 2 is 1.82 bits per heavy atom. The molecule has 0 aliphatic carbocycles. The summed E-state index contributed by atoms with van der Waals surface area (Å²) in [5, 5.41) is 8.96. The van der Waals surface area contributed by atoms with E-state index in [1.165, 1.54) is 4.90 Å². The molecule has 0 radical (unpaired) electrons. The molecule has 1 aromatic carbocycles. The van der Waals surface area contributed by atoms with Gasteiger partial charge in [0, 0.05) is 18.3 Å². The van der Waals surface area contributed by atoms with Crippen LogP contribution < -0.4 is 20.9 Å². The molecule has 1 aromatic heterocycles. The van der Waals surface area contributed by atoms with E-state index in [1.54, 1.807) is 24.4 Å². The normalized spacial score (nSPS) is 16.8. The van der Waals surface area contributed by atoms with Crippen LogP contribution in [0.3, 0.4) is 0 Å². The average Bonchev–Trinajstić information content (AvgIpc) is 3.20. The molecule has 3 unspecified atom stereocenters. The standard InChI is InChI=1S/C25H33N5O3/c1-5-19(26-6-2)23(31)29-21(16(3)4)25(33)30-20(15-17-11-10-14-27-22(17)30)24(32)28-18-12-8-7-9-13-18/h7-14,16,19-21,26H,5-6,15H2,1-4H3,(H,28,32)(H,29,31). The number of carbonyl (C=O) groups is 3. The van der Waals surface area contributed by atoms with Crippen molar-refractivity contribution in [2.75, 3.05) is 16.8 Å². The van der Waals surface area contributed by atoms with E-state index in [1.807, 2.05) is 52.0 Å². The van der Waals surface area contributed by atoms with Crippen LogP contribution in [-0.2, 0) is 20.8 Å². The van der Waals surface area contributed by atoms with Crippen molar-refractivity contribution in [1.29, 1.82) is 0 Å². The van der Waals surface area contributed by atoms with E-state index in [0.29, 0.717) is 30.9 Å². The molecular formula is C25H33N5O3. The van der Waals surface area contributed by atoms with Crippen LogP contribution >= 0.6 is 0 Å². The summed E-state index contributed by atoms with van der Waals surface area (Å²) in [5.41, 5.74) is 1.48. The number of hydrogen-bond donors (Lipinski definition) is 3. The van der Waals surface area contributed by atoms with Gasteiger partial charge in [-0.3, -0.25) is 19.3 Å². The van der Waals surface area contributed by atoms with Crippen LogP contribution in [0.25, 0.3) is 0 Å². The van der Waals surface area contributed by atoms with Gasteiger partial charge < -0.3 is 16.0 Å². The summed E-state index contributed by atoms with van der Waals surface area (Å²) in [6.07, 6.45) is 2.58. The molecule has 1 aliphatic rings. The monoisotopic (exact) mass is 451 g/mol. The number of pyridine rings is 1. The van der Waals surface area contributed by atoms with Crippen molar-refractivity contribution in [1.82, 2.24) is 15.6 Å². The summed E-state index contributed by atoms with van der Waals surface area (Å²) < 4.78 is 0. The lowest BCUT2D eigenvalue weighted by molar-refractivity contribution is -0.130. The highest BCUT2D eigenvalue weighted by molar-refractivity contribution is 6.09. The molecule has 2 aromatic rings. The first-order chi connectivity index (χ1) is 15.9. The molecule has 176 valence electrons. The maximum atomic E-state index is 13.8. The van der Waals surface area contributed by atoms with Crippen LogP contribution in [-0.4, -0.2) is 47.4 Å². The third-order valence-electron chi connectivity index (χ3n) is 5.81. The van der Waals surface area contributed by atoms with Crippen molar-refractivity contribution in [2.24, 2.45) is 5.92 Å². The van der Waals surface area contributed by atoms with Gasteiger partial charge >= 0.3 is 0 Å². The van der Waals surface area contributed by atoms with Crippen molar-refractivity contribution in [3.8, 4) is 0 Å². The Bertz CT molecular complexity index is 979. The Balaban J connectivity index is 1.88. The number of nitrogens with one attached hydrogen (secondary N) is 3. The summed E-state index contributed by atoms with van der Waals surface area (Å²) in [5.74, 6) is -0.562. The zero-order valence-electron chi connectivity index (χ0n) is 19.7. The molecule has 0 spiro atoms. The Morgan fingerprint density at radius 3 is 2.45 bits per heavy atom. The third-order valence-corrected chi connectivity index (χ3v) is 5.81. The number of aromatic nitrogens is 1. The first kappa shape index (κ1) is 24.4. The predicted molar refractivity (Wildman–Crippen MR) is 129 cm³/mol. The van der Waals surface area contributed by atoms with Gasteiger partial charge in [0.1, 0.15) is 17.9 Å². The first-order valence-corrected chi connectivity index (χ1v) is 11.5. The van der Waals surface area contributed by atoms with Gasteiger partial charge in [0.15, 0.2) is 0 Å². The number of nitrogens with zero attached hydrogens (tertiary/aromatic N) is 2.